The second kappa shape index (κ2) is 4.86. The van der Waals surface area contributed by atoms with Gasteiger partial charge in [0.15, 0.2) is 0 Å². The van der Waals surface area contributed by atoms with Crippen molar-refractivity contribution in [1.82, 2.24) is 19.9 Å². The van der Waals surface area contributed by atoms with Crippen LogP contribution < -0.4 is 0 Å². The molecule has 0 saturated heterocycles. The molecular weight excluding hydrogens is 304 g/mol. The Balaban J connectivity index is 1.63. The Bertz CT molecular complexity index is 1030. The van der Waals surface area contributed by atoms with Gasteiger partial charge in [-0.05, 0) is 37.5 Å². The summed E-state index contributed by atoms with van der Waals surface area (Å²) in [5.74, 6) is 1.55. The van der Waals surface area contributed by atoms with Crippen molar-refractivity contribution in [2.24, 2.45) is 0 Å². The molecule has 1 saturated carbocycles. The van der Waals surface area contributed by atoms with Gasteiger partial charge in [0.05, 0.1) is 15.2 Å². The molecule has 0 bridgehead atoms. The molecule has 1 fully saturated rings. The number of aromatic nitrogens is 4. The lowest BCUT2D eigenvalue weighted by Crippen LogP contribution is -2.12. The van der Waals surface area contributed by atoms with E-state index in [1.165, 1.54) is 29.5 Å². The van der Waals surface area contributed by atoms with Gasteiger partial charge in [-0.25, -0.2) is 15.0 Å². The van der Waals surface area contributed by atoms with E-state index in [2.05, 4.69) is 33.2 Å². The first kappa shape index (κ1) is 13.2. The zero-order chi connectivity index (χ0) is 15.4. The molecule has 1 aliphatic rings. The van der Waals surface area contributed by atoms with Crippen LogP contribution in [0.15, 0.2) is 30.6 Å². The van der Waals surface area contributed by atoms with Gasteiger partial charge < -0.3 is 4.98 Å². The van der Waals surface area contributed by atoms with E-state index >= 15 is 0 Å². The molecule has 0 atom stereocenters. The highest BCUT2D eigenvalue weighted by Crippen LogP contribution is 2.36. The lowest BCUT2D eigenvalue weighted by Gasteiger charge is -2.23. The van der Waals surface area contributed by atoms with E-state index < -0.39 is 0 Å². The SMILES string of the molecule is Cc1nc2ccc(-c3c[nH]c4nc(C5CCC5)ncc34)cc2s1. The molecule has 0 amide bonds. The van der Waals surface area contributed by atoms with Crippen LogP contribution in [0, 0.1) is 6.92 Å². The van der Waals surface area contributed by atoms with E-state index in [1.807, 2.05) is 19.3 Å². The molecule has 23 heavy (non-hydrogen) atoms. The fourth-order valence-corrected chi connectivity index (χ4v) is 4.10. The lowest BCUT2D eigenvalue weighted by atomic mass is 9.85. The minimum Gasteiger partial charge on any atom is -0.345 e. The molecule has 0 aliphatic heterocycles. The zero-order valence-corrected chi connectivity index (χ0v) is 13.7. The van der Waals surface area contributed by atoms with E-state index in [1.54, 1.807) is 11.3 Å². The van der Waals surface area contributed by atoms with Gasteiger partial charge in [-0.15, -0.1) is 11.3 Å². The third-order valence-electron chi connectivity index (χ3n) is 4.73. The number of hydrogen-bond donors (Lipinski definition) is 1. The summed E-state index contributed by atoms with van der Waals surface area (Å²) in [6, 6.07) is 6.43. The van der Waals surface area contributed by atoms with E-state index in [-0.39, 0.29) is 0 Å². The molecule has 1 N–H and O–H groups in total. The van der Waals surface area contributed by atoms with Crippen molar-refractivity contribution in [3.8, 4) is 11.1 Å². The van der Waals surface area contributed by atoms with Crippen LogP contribution in [-0.2, 0) is 0 Å². The quantitative estimate of drug-likeness (QED) is 0.576. The van der Waals surface area contributed by atoms with Gasteiger partial charge in [0.2, 0.25) is 0 Å². The summed E-state index contributed by atoms with van der Waals surface area (Å²) in [4.78, 5) is 17.2. The first-order valence-electron chi connectivity index (χ1n) is 7.99. The van der Waals surface area contributed by atoms with E-state index in [0.717, 1.165) is 32.9 Å². The molecule has 4 nitrogen and oxygen atoms in total. The highest BCUT2D eigenvalue weighted by molar-refractivity contribution is 7.18. The molecule has 0 unspecified atom stereocenters. The molecule has 3 heterocycles. The first-order valence-corrected chi connectivity index (χ1v) is 8.81. The fourth-order valence-electron chi connectivity index (χ4n) is 3.23. The van der Waals surface area contributed by atoms with Crippen molar-refractivity contribution < 1.29 is 0 Å². The van der Waals surface area contributed by atoms with Crippen molar-refractivity contribution in [2.45, 2.75) is 32.1 Å². The molecule has 1 aromatic carbocycles. The smallest absolute Gasteiger partial charge is 0.141 e. The van der Waals surface area contributed by atoms with E-state index in [0.29, 0.717) is 5.92 Å². The molecule has 4 aromatic rings. The average Bonchev–Trinajstić information content (AvgIpc) is 3.06. The summed E-state index contributed by atoms with van der Waals surface area (Å²) >= 11 is 1.73. The lowest BCUT2D eigenvalue weighted by molar-refractivity contribution is 0.402. The maximum absolute atomic E-state index is 4.73. The third kappa shape index (κ3) is 2.07. The number of aryl methyl sites for hydroxylation is 1. The molecule has 0 spiro atoms. The summed E-state index contributed by atoms with van der Waals surface area (Å²) in [5, 5.41) is 2.19. The second-order valence-corrected chi connectivity index (χ2v) is 7.47. The van der Waals surface area contributed by atoms with Gasteiger partial charge in [0, 0.05) is 29.3 Å². The predicted octanol–water partition coefficient (Wildman–Crippen LogP) is 4.81. The van der Waals surface area contributed by atoms with Crippen molar-refractivity contribution >= 4 is 32.6 Å². The summed E-state index contributed by atoms with van der Waals surface area (Å²) < 4.78 is 1.22. The summed E-state index contributed by atoms with van der Waals surface area (Å²) in [5.41, 5.74) is 4.36. The van der Waals surface area contributed by atoms with Crippen LogP contribution in [-0.4, -0.2) is 19.9 Å². The largest absolute Gasteiger partial charge is 0.345 e. The van der Waals surface area contributed by atoms with Gasteiger partial charge in [0.25, 0.3) is 0 Å². The monoisotopic (exact) mass is 320 g/mol. The Labute approximate surface area is 137 Å². The Morgan fingerprint density at radius 2 is 2.13 bits per heavy atom. The number of hydrogen-bond acceptors (Lipinski definition) is 4. The Kier molecular flexibility index (Phi) is 2.79. The number of fused-ring (bicyclic) bond motifs is 2. The van der Waals surface area contributed by atoms with Gasteiger partial charge in [-0.1, -0.05) is 12.5 Å². The maximum Gasteiger partial charge on any atom is 0.141 e. The number of rotatable bonds is 2. The van der Waals surface area contributed by atoms with Gasteiger partial charge >= 0.3 is 0 Å². The topological polar surface area (TPSA) is 54.5 Å². The number of H-pyrrole nitrogens is 1. The van der Waals surface area contributed by atoms with Crippen molar-refractivity contribution in [3.05, 3.63) is 41.4 Å². The number of nitrogens with zero attached hydrogens (tertiary/aromatic N) is 3. The van der Waals surface area contributed by atoms with Crippen LogP contribution >= 0.6 is 11.3 Å². The third-order valence-corrected chi connectivity index (χ3v) is 5.66. The van der Waals surface area contributed by atoms with Crippen LogP contribution in [0.2, 0.25) is 0 Å². The first-order chi connectivity index (χ1) is 11.3. The second-order valence-electron chi connectivity index (χ2n) is 6.24. The highest BCUT2D eigenvalue weighted by atomic mass is 32.1. The molecule has 3 aromatic heterocycles. The maximum atomic E-state index is 4.73. The van der Waals surface area contributed by atoms with E-state index in [4.69, 9.17) is 4.98 Å². The summed E-state index contributed by atoms with van der Waals surface area (Å²) in [6.07, 6.45) is 7.76. The number of aromatic amines is 1. The Morgan fingerprint density at radius 3 is 2.96 bits per heavy atom. The van der Waals surface area contributed by atoms with Crippen LogP contribution in [0.25, 0.3) is 32.4 Å². The average molecular weight is 320 g/mol. The minimum atomic E-state index is 0.558. The molecule has 114 valence electrons. The number of benzene rings is 1. The van der Waals surface area contributed by atoms with Crippen LogP contribution in [0.3, 0.4) is 0 Å². The molecular formula is C18H16N4S. The number of nitrogens with one attached hydrogen (secondary N) is 1. The Morgan fingerprint density at radius 1 is 1.22 bits per heavy atom. The summed E-state index contributed by atoms with van der Waals surface area (Å²) in [6.45, 7) is 2.05. The van der Waals surface area contributed by atoms with Crippen LogP contribution in [0.4, 0.5) is 0 Å². The van der Waals surface area contributed by atoms with Crippen LogP contribution in [0.1, 0.15) is 36.0 Å². The van der Waals surface area contributed by atoms with Gasteiger partial charge in [0.1, 0.15) is 11.5 Å². The van der Waals surface area contributed by atoms with Gasteiger partial charge in [-0.2, -0.15) is 0 Å². The van der Waals surface area contributed by atoms with Crippen LogP contribution in [0.5, 0.6) is 0 Å². The standard InChI is InChI=1S/C18H16N4S/c1-10-21-15-6-5-12(7-16(15)23-10)13-8-20-18-14(13)9-19-17(22-18)11-3-2-4-11/h5-9,11H,2-4H2,1H3,(H,19,20,22). The zero-order valence-electron chi connectivity index (χ0n) is 12.8. The fraction of sp³-hybridized carbons (Fsp3) is 0.278. The normalized spacial score (nSPS) is 15.3. The number of thiazole rings is 1. The van der Waals surface area contributed by atoms with Crippen molar-refractivity contribution in [3.63, 3.8) is 0 Å². The molecule has 5 rings (SSSR count). The van der Waals surface area contributed by atoms with Crippen molar-refractivity contribution in [1.29, 1.82) is 0 Å². The predicted molar refractivity (Wildman–Crippen MR) is 93.8 cm³/mol. The minimum absolute atomic E-state index is 0.558. The van der Waals surface area contributed by atoms with Crippen molar-refractivity contribution in [2.75, 3.05) is 0 Å². The summed E-state index contributed by atoms with van der Waals surface area (Å²) in [7, 11) is 0. The Hall–Kier alpha value is -2.27. The van der Waals surface area contributed by atoms with Gasteiger partial charge in [-0.3, -0.25) is 0 Å². The highest BCUT2D eigenvalue weighted by Gasteiger charge is 2.23. The van der Waals surface area contributed by atoms with E-state index in [9.17, 15) is 0 Å². The molecule has 0 radical (unpaired) electrons. The molecule has 1 aliphatic carbocycles. The molecule has 5 heteroatoms.